The third-order valence-electron chi connectivity index (χ3n) is 3.80. The molecule has 0 aromatic heterocycles. The van der Waals surface area contributed by atoms with Crippen LogP contribution in [0.1, 0.15) is 30.5 Å². The summed E-state index contributed by atoms with van der Waals surface area (Å²) < 4.78 is 5.42. The second-order valence-corrected chi connectivity index (χ2v) is 5.57. The van der Waals surface area contributed by atoms with Crippen molar-refractivity contribution in [3.63, 3.8) is 0 Å². The first-order valence-electron chi connectivity index (χ1n) is 6.95. The molecule has 0 aliphatic rings. The van der Waals surface area contributed by atoms with Crippen molar-refractivity contribution in [2.24, 2.45) is 11.8 Å². The van der Waals surface area contributed by atoms with Crippen LogP contribution in [0, 0.1) is 25.7 Å². The van der Waals surface area contributed by atoms with E-state index in [1.54, 1.807) is 7.11 Å². The number of methoxy groups -OCH3 is 1. The molecule has 0 saturated carbocycles. The van der Waals surface area contributed by atoms with Crippen LogP contribution in [0.3, 0.4) is 0 Å². The zero-order valence-electron chi connectivity index (χ0n) is 12.8. The number of rotatable bonds is 7. The van der Waals surface area contributed by atoms with Gasteiger partial charge in [0.1, 0.15) is 5.75 Å². The number of hydrogen-bond donors (Lipinski definition) is 2. The summed E-state index contributed by atoms with van der Waals surface area (Å²) in [7, 11) is 1.71. The van der Waals surface area contributed by atoms with E-state index in [0.717, 1.165) is 18.8 Å². The van der Waals surface area contributed by atoms with Gasteiger partial charge >= 0.3 is 0 Å². The Bertz CT molecular complexity index is 402. The highest BCUT2D eigenvalue weighted by Gasteiger charge is 2.12. The third-order valence-corrected chi connectivity index (χ3v) is 3.80. The second kappa shape index (κ2) is 7.51. The topological polar surface area (TPSA) is 41.5 Å². The largest absolute Gasteiger partial charge is 0.496 e. The summed E-state index contributed by atoms with van der Waals surface area (Å²) >= 11 is 0. The molecular weight excluding hydrogens is 238 g/mol. The van der Waals surface area contributed by atoms with E-state index in [9.17, 15) is 5.11 Å². The van der Waals surface area contributed by atoms with Gasteiger partial charge in [0.15, 0.2) is 0 Å². The Morgan fingerprint density at radius 3 is 2.37 bits per heavy atom. The number of ether oxygens (including phenoxy) is 1. The number of nitrogens with one attached hydrogen (secondary N) is 1. The molecule has 1 aromatic rings. The summed E-state index contributed by atoms with van der Waals surface area (Å²) in [4.78, 5) is 0. The van der Waals surface area contributed by atoms with Crippen LogP contribution in [-0.4, -0.2) is 25.4 Å². The van der Waals surface area contributed by atoms with E-state index in [1.165, 1.54) is 16.7 Å². The highest BCUT2D eigenvalue weighted by molar-refractivity contribution is 5.41. The quantitative estimate of drug-likeness (QED) is 0.796. The fraction of sp³-hybridized carbons (Fsp3) is 0.625. The zero-order chi connectivity index (χ0) is 14.4. The summed E-state index contributed by atoms with van der Waals surface area (Å²) in [6, 6.07) is 4.25. The van der Waals surface area contributed by atoms with Gasteiger partial charge in [0.25, 0.3) is 0 Å². The van der Waals surface area contributed by atoms with Crippen molar-refractivity contribution in [3.8, 4) is 5.75 Å². The summed E-state index contributed by atoms with van der Waals surface area (Å²) in [5, 5.41) is 12.7. The maximum absolute atomic E-state index is 9.31. The molecule has 0 aliphatic heterocycles. The van der Waals surface area contributed by atoms with Crippen molar-refractivity contribution >= 4 is 0 Å². The van der Waals surface area contributed by atoms with Gasteiger partial charge < -0.3 is 15.2 Å². The SMILES string of the molecule is COc1cc(C)c(C)cc1CNCC(CO)C(C)C. The number of benzene rings is 1. The highest BCUT2D eigenvalue weighted by Crippen LogP contribution is 2.23. The predicted octanol–water partition coefficient (Wildman–Crippen LogP) is 2.67. The van der Waals surface area contributed by atoms with E-state index in [-0.39, 0.29) is 6.61 Å². The van der Waals surface area contributed by atoms with E-state index in [0.29, 0.717) is 11.8 Å². The highest BCUT2D eigenvalue weighted by atomic mass is 16.5. The molecule has 19 heavy (non-hydrogen) atoms. The molecule has 0 saturated heterocycles. The molecule has 1 aromatic carbocycles. The molecule has 1 rings (SSSR count). The van der Waals surface area contributed by atoms with Crippen LogP contribution in [0.25, 0.3) is 0 Å². The molecule has 2 N–H and O–H groups in total. The average molecular weight is 265 g/mol. The Balaban J connectivity index is 2.64. The summed E-state index contributed by atoms with van der Waals surface area (Å²) in [5.74, 6) is 1.72. The smallest absolute Gasteiger partial charge is 0.123 e. The lowest BCUT2D eigenvalue weighted by Gasteiger charge is -2.19. The van der Waals surface area contributed by atoms with Crippen LogP contribution in [0.2, 0.25) is 0 Å². The van der Waals surface area contributed by atoms with Gasteiger partial charge in [-0.3, -0.25) is 0 Å². The molecule has 0 heterocycles. The molecule has 0 spiro atoms. The van der Waals surface area contributed by atoms with Crippen LogP contribution < -0.4 is 10.1 Å². The maximum atomic E-state index is 9.31. The number of aryl methyl sites for hydroxylation is 2. The molecule has 3 heteroatoms. The first-order valence-corrected chi connectivity index (χ1v) is 6.95. The predicted molar refractivity (Wildman–Crippen MR) is 79.6 cm³/mol. The van der Waals surface area contributed by atoms with Gasteiger partial charge in [0.05, 0.1) is 7.11 Å². The van der Waals surface area contributed by atoms with Gasteiger partial charge in [-0.05, 0) is 42.9 Å². The van der Waals surface area contributed by atoms with E-state index in [1.807, 2.05) is 0 Å². The van der Waals surface area contributed by atoms with Crippen LogP contribution in [0.15, 0.2) is 12.1 Å². The van der Waals surface area contributed by atoms with Gasteiger partial charge in [0.2, 0.25) is 0 Å². The summed E-state index contributed by atoms with van der Waals surface area (Å²) in [6.45, 7) is 10.3. The van der Waals surface area contributed by atoms with Gasteiger partial charge in [-0.15, -0.1) is 0 Å². The molecule has 0 aliphatic carbocycles. The molecule has 1 unspecified atom stereocenters. The molecule has 108 valence electrons. The van der Waals surface area contributed by atoms with Crippen LogP contribution in [0.4, 0.5) is 0 Å². The van der Waals surface area contributed by atoms with Crippen molar-refractivity contribution in [3.05, 3.63) is 28.8 Å². The Labute approximate surface area is 117 Å². The zero-order valence-corrected chi connectivity index (χ0v) is 12.8. The standard InChI is InChI=1S/C16H27NO2/c1-11(2)15(10-18)9-17-8-14-6-12(3)13(4)7-16(14)19-5/h6-7,11,15,17-18H,8-10H2,1-5H3. The minimum absolute atomic E-state index is 0.231. The van der Waals surface area contributed by atoms with Crippen molar-refractivity contribution in [2.45, 2.75) is 34.2 Å². The van der Waals surface area contributed by atoms with Gasteiger partial charge in [0, 0.05) is 25.3 Å². The second-order valence-electron chi connectivity index (χ2n) is 5.57. The first-order chi connectivity index (χ1) is 8.99. The Kier molecular flexibility index (Phi) is 6.32. The van der Waals surface area contributed by atoms with Gasteiger partial charge in [-0.25, -0.2) is 0 Å². The fourth-order valence-corrected chi connectivity index (χ4v) is 2.08. The Morgan fingerprint density at radius 2 is 1.84 bits per heavy atom. The van der Waals surface area contributed by atoms with E-state index >= 15 is 0 Å². The Hall–Kier alpha value is -1.06. The molecule has 0 amide bonds. The number of aliphatic hydroxyl groups is 1. The third kappa shape index (κ3) is 4.51. The monoisotopic (exact) mass is 265 g/mol. The van der Waals surface area contributed by atoms with Crippen molar-refractivity contribution in [1.29, 1.82) is 0 Å². The van der Waals surface area contributed by atoms with Crippen LogP contribution >= 0.6 is 0 Å². The number of aliphatic hydroxyl groups excluding tert-OH is 1. The van der Waals surface area contributed by atoms with E-state index in [2.05, 4.69) is 45.1 Å². The molecule has 0 fully saturated rings. The van der Waals surface area contributed by atoms with Crippen molar-refractivity contribution in [2.75, 3.05) is 20.3 Å². The van der Waals surface area contributed by atoms with Crippen LogP contribution in [-0.2, 0) is 6.54 Å². The first kappa shape index (κ1) is 16.0. The van der Waals surface area contributed by atoms with Crippen molar-refractivity contribution < 1.29 is 9.84 Å². The minimum Gasteiger partial charge on any atom is -0.496 e. The lowest BCUT2D eigenvalue weighted by atomic mass is 9.96. The van der Waals surface area contributed by atoms with E-state index in [4.69, 9.17) is 4.74 Å². The Morgan fingerprint density at radius 1 is 1.21 bits per heavy atom. The molecule has 3 nitrogen and oxygen atoms in total. The maximum Gasteiger partial charge on any atom is 0.123 e. The molecule has 1 atom stereocenters. The summed E-state index contributed by atoms with van der Waals surface area (Å²) in [5.41, 5.74) is 3.70. The van der Waals surface area contributed by atoms with Crippen molar-refractivity contribution in [1.82, 2.24) is 5.32 Å². The van der Waals surface area contributed by atoms with Gasteiger partial charge in [-0.1, -0.05) is 19.9 Å². The fourth-order valence-electron chi connectivity index (χ4n) is 2.08. The molecule has 0 bridgehead atoms. The molecular formula is C16H27NO2. The normalized spacial score (nSPS) is 12.8. The van der Waals surface area contributed by atoms with Gasteiger partial charge in [-0.2, -0.15) is 0 Å². The van der Waals surface area contributed by atoms with Crippen LogP contribution in [0.5, 0.6) is 5.75 Å². The summed E-state index contributed by atoms with van der Waals surface area (Å²) in [6.07, 6.45) is 0. The average Bonchev–Trinajstić information content (AvgIpc) is 2.37. The minimum atomic E-state index is 0.231. The van der Waals surface area contributed by atoms with E-state index < -0.39 is 0 Å². The number of hydrogen-bond acceptors (Lipinski definition) is 3. The lowest BCUT2D eigenvalue weighted by molar-refractivity contribution is 0.186. The lowest BCUT2D eigenvalue weighted by Crippen LogP contribution is -2.28. The molecule has 0 radical (unpaired) electrons.